The average Bonchev–Trinajstić information content (AvgIpc) is 2.52. The second-order valence-electron chi connectivity index (χ2n) is 5.32. The van der Waals surface area contributed by atoms with Gasteiger partial charge in [-0.1, -0.05) is 24.8 Å². The molecule has 1 aromatic carbocycles. The fraction of sp³-hybridized carbons (Fsp3) is 0.471. The van der Waals surface area contributed by atoms with E-state index in [-0.39, 0.29) is 5.91 Å². The molecule has 2 rings (SSSR count). The summed E-state index contributed by atoms with van der Waals surface area (Å²) in [6, 6.07) is 7.89. The maximum absolute atomic E-state index is 12.6. The van der Waals surface area contributed by atoms with Gasteiger partial charge in [-0.3, -0.25) is 9.69 Å². The van der Waals surface area contributed by atoms with E-state index in [1.54, 1.807) is 0 Å². The first-order valence-corrected chi connectivity index (χ1v) is 7.48. The van der Waals surface area contributed by atoms with Gasteiger partial charge < -0.3 is 10.6 Å². The van der Waals surface area contributed by atoms with Gasteiger partial charge in [-0.2, -0.15) is 0 Å². The second kappa shape index (κ2) is 7.26. The van der Waals surface area contributed by atoms with Crippen molar-refractivity contribution >= 4 is 5.91 Å². The van der Waals surface area contributed by atoms with E-state index in [4.69, 9.17) is 5.73 Å². The van der Waals surface area contributed by atoms with Crippen LogP contribution in [0.2, 0.25) is 0 Å². The van der Waals surface area contributed by atoms with Crippen molar-refractivity contribution in [2.24, 2.45) is 5.73 Å². The van der Waals surface area contributed by atoms with E-state index in [2.05, 4.69) is 30.6 Å². The van der Waals surface area contributed by atoms with E-state index in [9.17, 15) is 4.79 Å². The van der Waals surface area contributed by atoms with Crippen molar-refractivity contribution in [3.8, 4) is 11.8 Å². The van der Waals surface area contributed by atoms with Crippen LogP contribution < -0.4 is 5.73 Å². The molecular formula is C17H23N3O. The van der Waals surface area contributed by atoms with Crippen molar-refractivity contribution < 1.29 is 4.79 Å². The SMILES string of the molecule is CCN1CCN(C(=O)c2cccc(C#CCN)c2)CC1C. The molecule has 1 aliphatic rings. The van der Waals surface area contributed by atoms with Gasteiger partial charge in [-0.15, -0.1) is 0 Å². The Labute approximate surface area is 126 Å². The normalized spacial score (nSPS) is 19.0. The van der Waals surface area contributed by atoms with Crippen molar-refractivity contribution in [1.82, 2.24) is 9.80 Å². The third-order valence-electron chi connectivity index (χ3n) is 3.90. The lowest BCUT2D eigenvalue weighted by Crippen LogP contribution is -2.53. The van der Waals surface area contributed by atoms with Gasteiger partial charge in [0.15, 0.2) is 0 Å². The summed E-state index contributed by atoms with van der Waals surface area (Å²) in [6.45, 7) is 8.21. The molecule has 4 nitrogen and oxygen atoms in total. The van der Waals surface area contributed by atoms with Gasteiger partial charge in [-0.25, -0.2) is 0 Å². The highest BCUT2D eigenvalue weighted by molar-refractivity contribution is 5.94. The van der Waals surface area contributed by atoms with Crippen LogP contribution in [0, 0.1) is 11.8 Å². The number of amides is 1. The number of piperazine rings is 1. The summed E-state index contributed by atoms with van der Waals surface area (Å²) >= 11 is 0. The smallest absolute Gasteiger partial charge is 0.253 e. The zero-order chi connectivity index (χ0) is 15.2. The number of nitrogens with two attached hydrogens (primary N) is 1. The average molecular weight is 285 g/mol. The molecule has 0 spiro atoms. The molecule has 0 aromatic heterocycles. The van der Waals surface area contributed by atoms with Crippen molar-refractivity contribution in [1.29, 1.82) is 0 Å². The Balaban J connectivity index is 2.10. The molecule has 112 valence electrons. The minimum Gasteiger partial charge on any atom is -0.336 e. The van der Waals surface area contributed by atoms with E-state index in [0.717, 1.165) is 31.7 Å². The predicted octanol–water partition coefficient (Wildman–Crippen LogP) is 1.16. The number of carbonyl (C=O) groups excluding carboxylic acids is 1. The number of nitrogens with zero attached hydrogens (tertiary/aromatic N) is 2. The second-order valence-corrected chi connectivity index (χ2v) is 5.32. The minimum atomic E-state index is 0.0917. The van der Waals surface area contributed by atoms with Crippen molar-refractivity contribution in [3.05, 3.63) is 35.4 Å². The van der Waals surface area contributed by atoms with Gasteiger partial charge in [-0.05, 0) is 31.7 Å². The summed E-state index contributed by atoms with van der Waals surface area (Å²) in [4.78, 5) is 16.9. The van der Waals surface area contributed by atoms with Gasteiger partial charge in [0.25, 0.3) is 5.91 Å². The molecule has 0 aliphatic carbocycles. The summed E-state index contributed by atoms with van der Waals surface area (Å²) in [6.07, 6.45) is 0. The molecule has 1 heterocycles. The fourth-order valence-electron chi connectivity index (χ4n) is 2.72. The zero-order valence-corrected chi connectivity index (χ0v) is 12.8. The minimum absolute atomic E-state index is 0.0917. The van der Waals surface area contributed by atoms with E-state index in [1.165, 1.54) is 0 Å². The molecule has 1 aromatic rings. The summed E-state index contributed by atoms with van der Waals surface area (Å²) < 4.78 is 0. The lowest BCUT2D eigenvalue weighted by atomic mass is 10.1. The molecule has 1 atom stereocenters. The molecule has 21 heavy (non-hydrogen) atoms. The van der Waals surface area contributed by atoms with Gasteiger partial charge in [0, 0.05) is 36.8 Å². The highest BCUT2D eigenvalue weighted by atomic mass is 16.2. The van der Waals surface area contributed by atoms with Gasteiger partial charge in [0.2, 0.25) is 0 Å². The maximum atomic E-state index is 12.6. The number of benzene rings is 1. The highest BCUT2D eigenvalue weighted by Gasteiger charge is 2.26. The molecule has 1 aliphatic heterocycles. The van der Waals surface area contributed by atoms with Crippen molar-refractivity contribution in [2.75, 3.05) is 32.7 Å². The van der Waals surface area contributed by atoms with Crippen LogP contribution in [0.4, 0.5) is 0 Å². The van der Waals surface area contributed by atoms with Crippen molar-refractivity contribution in [2.45, 2.75) is 19.9 Å². The van der Waals surface area contributed by atoms with Gasteiger partial charge >= 0.3 is 0 Å². The Hall–Kier alpha value is -1.83. The molecule has 1 unspecified atom stereocenters. The molecule has 4 heteroatoms. The van der Waals surface area contributed by atoms with Gasteiger partial charge in [0.1, 0.15) is 0 Å². The fourth-order valence-corrected chi connectivity index (χ4v) is 2.72. The molecule has 0 radical (unpaired) electrons. The van der Waals surface area contributed by atoms with Crippen LogP contribution >= 0.6 is 0 Å². The Kier molecular flexibility index (Phi) is 5.38. The number of carbonyl (C=O) groups is 1. The Bertz CT molecular complexity index is 559. The third-order valence-corrected chi connectivity index (χ3v) is 3.90. The predicted molar refractivity (Wildman–Crippen MR) is 85.0 cm³/mol. The van der Waals surface area contributed by atoms with E-state index >= 15 is 0 Å². The largest absolute Gasteiger partial charge is 0.336 e. The van der Waals surface area contributed by atoms with Crippen LogP contribution in [0.5, 0.6) is 0 Å². The van der Waals surface area contributed by atoms with Crippen molar-refractivity contribution in [3.63, 3.8) is 0 Å². The van der Waals surface area contributed by atoms with Gasteiger partial charge in [0.05, 0.1) is 6.54 Å². The first kappa shape index (κ1) is 15.6. The molecule has 0 saturated carbocycles. The molecule has 0 bridgehead atoms. The first-order chi connectivity index (χ1) is 10.2. The molecule has 2 N–H and O–H groups in total. The number of hydrogen-bond acceptors (Lipinski definition) is 3. The van der Waals surface area contributed by atoms with Crippen LogP contribution in [0.1, 0.15) is 29.8 Å². The Morgan fingerprint density at radius 3 is 2.90 bits per heavy atom. The maximum Gasteiger partial charge on any atom is 0.253 e. The number of rotatable bonds is 2. The number of likely N-dealkylation sites (N-methyl/N-ethyl adjacent to an activating group) is 1. The van der Waals surface area contributed by atoms with Crippen LogP contribution in [0.25, 0.3) is 0 Å². The standard InChI is InChI=1S/C17H23N3O/c1-3-19-10-11-20(13-14(19)2)17(21)16-8-4-6-15(12-16)7-5-9-18/h4,6,8,12,14H,3,9-11,13,18H2,1-2H3. The third kappa shape index (κ3) is 3.84. The van der Waals surface area contributed by atoms with E-state index < -0.39 is 0 Å². The first-order valence-electron chi connectivity index (χ1n) is 7.48. The summed E-state index contributed by atoms with van der Waals surface area (Å²) in [5.74, 6) is 5.88. The Morgan fingerprint density at radius 2 is 2.24 bits per heavy atom. The lowest BCUT2D eigenvalue weighted by Gasteiger charge is -2.39. The quantitative estimate of drug-likeness (QED) is 0.830. The molecule has 1 amide bonds. The van der Waals surface area contributed by atoms with Crippen LogP contribution in [0.3, 0.4) is 0 Å². The zero-order valence-electron chi connectivity index (χ0n) is 12.8. The Morgan fingerprint density at radius 1 is 1.43 bits per heavy atom. The summed E-state index contributed by atoms with van der Waals surface area (Å²) in [7, 11) is 0. The van der Waals surface area contributed by atoms with Crippen LogP contribution in [-0.4, -0.2) is 54.5 Å². The van der Waals surface area contributed by atoms with E-state index in [1.807, 2.05) is 29.2 Å². The monoisotopic (exact) mass is 285 g/mol. The van der Waals surface area contributed by atoms with E-state index in [0.29, 0.717) is 18.2 Å². The summed E-state index contributed by atoms with van der Waals surface area (Å²) in [5.41, 5.74) is 6.92. The lowest BCUT2D eigenvalue weighted by molar-refractivity contribution is 0.0528. The molecular weight excluding hydrogens is 262 g/mol. The molecule has 1 saturated heterocycles. The molecule has 1 fully saturated rings. The topological polar surface area (TPSA) is 49.6 Å². The number of hydrogen-bond donors (Lipinski definition) is 1. The van der Waals surface area contributed by atoms with Crippen LogP contribution in [0.15, 0.2) is 24.3 Å². The van der Waals surface area contributed by atoms with Crippen LogP contribution in [-0.2, 0) is 0 Å². The highest BCUT2D eigenvalue weighted by Crippen LogP contribution is 2.14. The summed E-state index contributed by atoms with van der Waals surface area (Å²) in [5, 5.41) is 0.